The summed E-state index contributed by atoms with van der Waals surface area (Å²) in [6.45, 7) is 0. The third-order valence-electron chi connectivity index (χ3n) is 0. The van der Waals surface area contributed by atoms with Crippen molar-refractivity contribution in [1.82, 2.24) is 0 Å². The predicted molar refractivity (Wildman–Crippen MR) is 31.9 cm³/mol. The van der Waals surface area contributed by atoms with Gasteiger partial charge in [-0.3, -0.25) is 0 Å². The number of rotatable bonds is 0. The largest absolute Gasteiger partial charge is 2.00 e. The molecule has 0 unspecified atom stereocenters. The van der Waals surface area contributed by atoms with Crippen molar-refractivity contribution in [2.75, 3.05) is 0 Å². The van der Waals surface area contributed by atoms with E-state index in [0.717, 1.165) is 0 Å². The molecule has 0 N–H and O–H groups in total. The van der Waals surface area contributed by atoms with Gasteiger partial charge in [0.1, 0.15) is 0 Å². The first-order valence-corrected chi connectivity index (χ1v) is 1.71. The fraction of sp³-hybridized carbons (Fsp3) is 0. The zero-order valence-electron chi connectivity index (χ0n) is 7.78. The summed E-state index contributed by atoms with van der Waals surface area (Å²) in [6.07, 6.45) is -2.33. The van der Waals surface area contributed by atoms with Crippen molar-refractivity contribution >= 4 is 55.0 Å². The summed E-state index contributed by atoms with van der Waals surface area (Å²) in [5, 5.41) is 46.2. The van der Waals surface area contributed by atoms with Crippen molar-refractivity contribution in [2.24, 2.45) is 0 Å². The molecule has 11 nitrogen and oxygen atoms in total. The van der Waals surface area contributed by atoms with Crippen LogP contribution in [0.1, 0.15) is 0 Å². The van der Waals surface area contributed by atoms with Gasteiger partial charge in [0.25, 0.3) is 0 Å². The van der Waals surface area contributed by atoms with Crippen LogP contribution in [0.2, 0.25) is 0 Å². The van der Waals surface area contributed by atoms with Gasteiger partial charge in [-0.25, -0.2) is 0 Å². The number of carboxylic acid groups (broad SMARTS) is 2. The number of hydrogen-bond donors (Lipinski definition) is 0. The van der Waals surface area contributed by atoms with Gasteiger partial charge in [-0.2, -0.15) is 0 Å². The number of carbonyl (C=O) groups excluding carboxylic acids is 1. The molecular weight excluding hydrogens is 400 g/mol. The molecule has 0 heterocycles. The molecule has 0 saturated heterocycles. The van der Waals surface area contributed by atoms with Crippen LogP contribution in [0.15, 0.2) is 0 Å². The molecule has 0 aromatic carbocycles. The van der Waals surface area contributed by atoms with E-state index in [1.54, 1.807) is 0 Å². The van der Waals surface area contributed by atoms with Gasteiger partial charge in [0, 0.05) is 0 Å². The quantitative estimate of drug-likeness (QED) is 0.216. The molecule has 0 aromatic heterocycles. The third-order valence-corrected chi connectivity index (χ3v) is 0. The molecule has 72 valence electrons. The molecule has 0 aliphatic rings. The molecular formula is CBaK2N2O9. The van der Waals surface area contributed by atoms with Crippen molar-refractivity contribution in [3.8, 4) is 0 Å². The van der Waals surface area contributed by atoms with Gasteiger partial charge < -0.3 is 45.7 Å². The monoisotopic (exact) mass is 400 g/mol. The Morgan fingerprint density at radius 2 is 0.800 bits per heavy atom. The van der Waals surface area contributed by atoms with E-state index in [0.29, 0.717) is 0 Å². The third kappa shape index (κ3) is 550. The van der Waals surface area contributed by atoms with E-state index in [9.17, 15) is 0 Å². The van der Waals surface area contributed by atoms with Gasteiger partial charge >= 0.3 is 152 Å². The van der Waals surface area contributed by atoms with Crippen LogP contribution >= 0.6 is 0 Å². The van der Waals surface area contributed by atoms with Crippen LogP contribution in [-0.2, 0) is 0 Å². The molecule has 0 aliphatic heterocycles. The standard InChI is InChI=1S/CH2O3.Ba.2K.2NO3/c2-1(3)4;;;;2*2-1(3)4/h(H2,2,3,4);;;;;/q;+2;2*+1;2*-1/p-2. The van der Waals surface area contributed by atoms with E-state index in [4.69, 9.17) is 45.7 Å². The molecule has 0 bridgehead atoms. The van der Waals surface area contributed by atoms with E-state index in [-0.39, 0.29) is 152 Å². The van der Waals surface area contributed by atoms with Crippen molar-refractivity contribution in [2.45, 2.75) is 0 Å². The molecule has 15 heavy (non-hydrogen) atoms. The van der Waals surface area contributed by atoms with E-state index < -0.39 is 16.3 Å². The summed E-state index contributed by atoms with van der Waals surface area (Å²) >= 11 is 0. The number of nitrogens with zero attached hydrogens (tertiary/aromatic N) is 2. The van der Waals surface area contributed by atoms with Crippen molar-refractivity contribution in [1.29, 1.82) is 0 Å². The molecule has 0 saturated carbocycles. The fourth-order valence-corrected chi connectivity index (χ4v) is 0. The van der Waals surface area contributed by atoms with Crippen LogP contribution in [0.4, 0.5) is 4.79 Å². The maximum absolute atomic E-state index is 8.33. The summed E-state index contributed by atoms with van der Waals surface area (Å²) < 4.78 is 0. The molecule has 0 amide bonds. The minimum atomic E-state index is -2.33. The SMILES string of the molecule is O=C([O-])[O-].O=[N+]([O-])[O-].O=[N+]([O-])[O-].[Ba+2].[K+].[K+]. The first-order valence-electron chi connectivity index (χ1n) is 1.71. The first kappa shape index (κ1) is 36.0. The van der Waals surface area contributed by atoms with Gasteiger partial charge in [-0.1, -0.05) is 0 Å². The second-order valence-corrected chi connectivity index (χ2v) is 0.697. The Morgan fingerprint density at radius 3 is 0.800 bits per heavy atom. The average molecular weight is 400 g/mol. The summed E-state index contributed by atoms with van der Waals surface area (Å²) in [7, 11) is 0. The second-order valence-electron chi connectivity index (χ2n) is 0.697. The Kier molecular flexibility index (Phi) is 72.0. The molecule has 0 spiro atoms. The van der Waals surface area contributed by atoms with Gasteiger partial charge in [-0.15, -0.1) is 0 Å². The van der Waals surface area contributed by atoms with Crippen molar-refractivity contribution in [3.63, 3.8) is 0 Å². The Labute approximate surface area is 208 Å². The fourth-order valence-electron chi connectivity index (χ4n) is 0. The molecule has 14 heteroatoms. The Bertz CT molecular complexity index is 124. The minimum Gasteiger partial charge on any atom is -0.652 e. The molecule has 0 atom stereocenters. The van der Waals surface area contributed by atoms with Crippen molar-refractivity contribution in [3.05, 3.63) is 30.6 Å². The van der Waals surface area contributed by atoms with Crippen LogP contribution in [0, 0.1) is 30.6 Å². The zero-order chi connectivity index (χ0) is 10.7. The second kappa shape index (κ2) is 30.0. The van der Waals surface area contributed by atoms with E-state index in [2.05, 4.69) is 0 Å². The summed E-state index contributed by atoms with van der Waals surface area (Å²) in [5.41, 5.74) is 0. The van der Waals surface area contributed by atoms with Crippen LogP contribution < -0.4 is 113 Å². The predicted octanol–water partition coefficient (Wildman–Crippen LogP) is -9.30. The Balaban J connectivity index is -0.0000000184. The average Bonchev–Trinajstić information content (AvgIpc) is 1.54. The smallest absolute Gasteiger partial charge is 0.652 e. The number of carbonyl (C=O) groups is 1. The molecule has 0 radical (unpaired) electrons. The van der Waals surface area contributed by atoms with Gasteiger partial charge in [0.15, 0.2) is 0 Å². The maximum Gasteiger partial charge on any atom is 2.00 e. The normalized spacial score (nSPS) is 4.80. The minimum absolute atomic E-state index is 0. The van der Waals surface area contributed by atoms with Crippen LogP contribution in [0.3, 0.4) is 0 Å². The van der Waals surface area contributed by atoms with Crippen molar-refractivity contribution < 1.29 is 128 Å². The number of hydrogen-bond acceptors (Lipinski definition) is 9. The van der Waals surface area contributed by atoms with E-state index in [1.165, 1.54) is 0 Å². The zero-order valence-corrected chi connectivity index (χ0v) is 18.5. The summed E-state index contributed by atoms with van der Waals surface area (Å²) in [4.78, 5) is 24.8. The van der Waals surface area contributed by atoms with Crippen LogP contribution in [0.5, 0.6) is 0 Å². The van der Waals surface area contributed by atoms with E-state index >= 15 is 0 Å². The summed E-state index contributed by atoms with van der Waals surface area (Å²) in [6, 6.07) is 0. The Hall–Kier alpha value is 2.51. The van der Waals surface area contributed by atoms with Gasteiger partial charge in [0.05, 0.1) is 10.2 Å². The summed E-state index contributed by atoms with van der Waals surface area (Å²) in [5.74, 6) is 0. The molecule has 0 fully saturated rings. The molecule has 0 aliphatic carbocycles. The topological polar surface area (TPSA) is 196 Å². The van der Waals surface area contributed by atoms with Gasteiger partial charge in [0.2, 0.25) is 0 Å². The van der Waals surface area contributed by atoms with E-state index in [1.807, 2.05) is 0 Å². The molecule has 0 rings (SSSR count). The van der Waals surface area contributed by atoms with Gasteiger partial charge in [-0.05, 0) is 6.16 Å². The Morgan fingerprint density at radius 1 is 0.800 bits per heavy atom. The van der Waals surface area contributed by atoms with Crippen LogP contribution in [0.25, 0.3) is 0 Å². The molecule has 0 aromatic rings. The van der Waals surface area contributed by atoms with Crippen LogP contribution in [-0.4, -0.2) is 65.2 Å². The maximum atomic E-state index is 8.33. The first-order chi connectivity index (χ1) is 5.20.